The number of hydrogen-bond acceptors (Lipinski definition) is 5. The number of thiazole rings is 1. The third kappa shape index (κ3) is 3.13. The minimum atomic E-state index is -0.358. The van der Waals surface area contributed by atoms with Gasteiger partial charge >= 0.3 is 12.0 Å². The lowest BCUT2D eigenvalue weighted by Crippen LogP contribution is -2.47. The summed E-state index contributed by atoms with van der Waals surface area (Å²) in [4.78, 5) is 12.1. The van der Waals surface area contributed by atoms with E-state index < -0.39 is 0 Å². The second-order valence-corrected chi connectivity index (χ2v) is 7.35. The zero-order valence-corrected chi connectivity index (χ0v) is 13.9. The summed E-state index contributed by atoms with van der Waals surface area (Å²) in [5.74, 6) is 0. The molecule has 1 aromatic carbocycles. The van der Waals surface area contributed by atoms with Gasteiger partial charge in [0.1, 0.15) is 0 Å². The van der Waals surface area contributed by atoms with Gasteiger partial charge in [-0.2, -0.15) is 0 Å². The zero-order valence-electron chi connectivity index (χ0n) is 13.1. The van der Waals surface area contributed by atoms with Crippen LogP contribution < -0.4 is 10.3 Å². The largest absolute Gasteiger partial charge is 0.493 e. The Hall–Kier alpha value is -1.15. The maximum atomic E-state index is 12.1. The molecule has 0 saturated carbocycles. The summed E-state index contributed by atoms with van der Waals surface area (Å²) in [6, 6.07) is 5.93. The predicted octanol–water partition coefficient (Wildman–Crippen LogP) is 1.48. The molecule has 1 fully saturated rings. The quantitative estimate of drug-likeness (QED) is 0.801. The van der Waals surface area contributed by atoms with Crippen LogP contribution >= 0.6 is 11.3 Å². The molecule has 0 N–H and O–H groups in total. The van der Waals surface area contributed by atoms with Crippen LogP contribution in [0.4, 0.5) is 0 Å². The van der Waals surface area contributed by atoms with Gasteiger partial charge in [-0.05, 0) is 17.6 Å². The molecular formula is C15H20BNO4S. The van der Waals surface area contributed by atoms with Crippen LogP contribution in [0.15, 0.2) is 23.0 Å². The average molecular weight is 321 g/mol. The molecular weight excluding hydrogens is 301 g/mol. The highest BCUT2D eigenvalue weighted by molar-refractivity contribution is 7.16. The molecule has 0 unspecified atom stereocenters. The molecule has 7 heteroatoms. The number of methoxy groups -OCH3 is 1. The SMILES string of the molecule is COCCn1c(=O)sc2ccc(B3OCC(C)(C)CO3)cc21. The van der Waals surface area contributed by atoms with Crippen molar-refractivity contribution in [3.8, 4) is 0 Å². The summed E-state index contributed by atoms with van der Waals surface area (Å²) >= 11 is 1.25. The van der Waals surface area contributed by atoms with E-state index in [0.29, 0.717) is 26.4 Å². The fourth-order valence-corrected chi connectivity index (χ4v) is 3.40. The van der Waals surface area contributed by atoms with Gasteiger partial charge in [-0.1, -0.05) is 31.3 Å². The third-order valence-corrected chi connectivity index (χ3v) is 4.69. The molecule has 118 valence electrons. The number of benzene rings is 1. The number of rotatable bonds is 4. The van der Waals surface area contributed by atoms with E-state index in [-0.39, 0.29) is 17.4 Å². The van der Waals surface area contributed by atoms with Crippen LogP contribution in [0.1, 0.15) is 13.8 Å². The van der Waals surface area contributed by atoms with Gasteiger partial charge in [-0.25, -0.2) is 0 Å². The lowest BCUT2D eigenvalue weighted by Gasteiger charge is -2.33. The van der Waals surface area contributed by atoms with Gasteiger partial charge < -0.3 is 14.0 Å². The molecule has 0 radical (unpaired) electrons. The number of fused-ring (bicyclic) bond motifs is 1. The molecule has 22 heavy (non-hydrogen) atoms. The molecule has 3 rings (SSSR count). The van der Waals surface area contributed by atoms with Gasteiger partial charge in [0.25, 0.3) is 0 Å². The number of aromatic nitrogens is 1. The summed E-state index contributed by atoms with van der Waals surface area (Å²) in [7, 11) is 1.28. The van der Waals surface area contributed by atoms with Crippen molar-refractivity contribution in [1.29, 1.82) is 0 Å². The fourth-order valence-electron chi connectivity index (χ4n) is 2.50. The van der Waals surface area contributed by atoms with Crippen LogP contribution in [-0.4, -0.2) is 38.6 Å². The molecule has 1 aliphatic heterocycles. The first kappa shape index (κ1) is 15.7. The summed E-state index contributed by atoms with van der Waals surface area (Å²) in [5, 5.41) is 0. The first-order valence-electron chi connectivity index (χ1n) is 7.36. The van der Waals surface area contributed by atoms with Crippen molar-refractivity contribution in [2.45, 2.75) is 20.4 Å². The Bertz CT molecular complexity index is 714. The number of hydrogen-bond donors (Lipinski definition) is 0. The van der Waals surface area contributed by atoms with Crippen molar-refractivity contribution < 1.29 is 14.0 Å². The monoisotopic (exact) mass is 321 g/mol. The van der Waals surface area contributed by atoms with Gasteiger partial charge in [0.2, 0.25) is 0 Å². The number of nitrogens with zero attached hydrogens (tertiary/aromatic N) is 1. The van der Waals surface area contributed by atoms with Crippen LogP contribution in [0.5, 0.6) is 0 Å². The van der Waals surface area contributed by atoms with Gasteiger partial charge in [-0.15, -0.1) is 0 Å². The topological polar surface area (TPSA) is 49.7 Å². The first-order chi connectivity index (χ1) is 10.5. The van der Waals surface area contributed by atoms with E-state index in [4.69, 9.17) is 14.0 Å². The normalized spacial score (nSPS) is 18.0. The molecule has 0 bridgehead atoms. The van der Waals surface area contributed by atoms with Crippen LogP contribution in [0.2, 0.25) is 0 Å². The second kappa shape index (κ2) is 6.16. The molecule has 0 spiro atoms. The van der Waals surface area contributed by atoms with Crippen molar-refractivity contribution in [2.75, 3.05) is 26.9 Å². The van der Waals surface area contributed by atoms with E-state index in [1.807, 2.05) is 18.2 Å². The van der Waals surface area contributed by atoms with E-state index in [9.17, 15) is 4.79 Å². The van der Waals surface area contributed by atoms with Crippen LogP contribution in [-0.2, 0) is 20.6 Å². The van der Waals surface area contributed by atoms with Crippen LogP contribution in [0.25, 0.3) is 10.2 Å². The minimum absolute atomic E-state index is 0.0378. The van der Waals surface area contributed by atoms with E-state index in [0.717, 1.165) is 15.7 Å². The van der Waals surface area contributed by atoms with Crippen LogP contribution in [0, 0.1) is 5.41 Å². The fraction of sp³-hybridized carbons (Fsp3) is 0.533. The second-order valence-electron chi connectivity index (χ2n) is 6.36. The van der Waals surface area contributed by atoms with Crippen molar-refractivity contribution >= 4 is 34.1 Å². The van der Waals surface area contributed by atoms with Crippen molar-refractivity contribution in [3.63, 3.8) is 0 Å². The molecule has 1 aliphatic rings. The molecule has 0 atom stereocenters. The van der Waals surface area contributed by atoms with Gasteiger partial charge in [0.15, 0.2) is 0 Å². The summed E-state index contributed by atoms with van der Waals surface area (Å²) in [5.41, 5.74) is 1.91. The standard InChI is InChI=1S/C15H20BNO4S/c1-15(2)9-20-16(21-10-15)11-4-5-13-12(8-11)17(6-7-19-3)14(18)22-13/h4-5,8H,6-7,9-10H2,1-3H3. The number of ether oxygens (including phenoxy) is 1. The molecule has 2 aromatic rings. The van der Waals surface area contributed by atoms with Crippen molar-refractivity contribution in [3.05, 3.63) is 27.9 Å². The zero-order chi connectivity index (χ0) is 15.7. The highest BCUT2D eigenvalue weighted by Crippen LogP contribution is 2.22. The lowest BCUT2D eigenvalue weighted by atomic mass is 9.76. The highest BCUT2D eigenvalue weighted by atomic mass is 32.1. The van der Waals surface area contributed by atoms with E-state index in [2.05, 4.69) is 13.8 Å². The summed E-state index contributed by atoms with van der Waals surface area (Å²) in [6.07, 6.45) is 0. The molecule has 0 amide bonds. The summed E-state index contributed by atoms with van der Waals surface area (Å²) < 4.78 is 19.5. The maximum Gasteiger partial charge on any atom is 0.493 e. The smallest absolute Gasteiger partial charge is 0.407 e. The van der Waals surface area contributed by atoms with Crippen molar-refractivity contribution in [2.24, 2.45) is 5.41 Å². The Labute approximate surface area is 133 Å². The third-order valence-electron chi connectivity index (χ3n) is 3.73. The lowest BCUT2D eigenvalue weighted by molar-refractivity contribution is 0.0343. The van der Waals surface area contributed by atoms with Gasteiger partial charge in [-0.3, -0.25) is 9.36 Å². The maximum absolute atomic E-state index is 12.1. The Morgan fingerprint density at radius 1 is 1.36 bits per heavy atom. The Morgan fingerprint density at radius 2 is 2.09 bits per heavy atom. The van der Waals surface area contributed by atoms with Crippen LogP contribution in [0.3, 0.4) is 0 Å². The molecule has 1 aromatic heterocycles. The summed E-state index contributed by atoms with van der Waals surface area (Å²) in [6.45, 7) is 6.63. The Balaban J connectivity index is 1.90. The van der Waals surface area contributed by atoms with E-state index in [1.54, 1.807) is 11.7 Å². The van der Waals surface area contributed by atoms with Gasteiger partial charge in [0, 0.05) is 25.7 Å². The Morgan fingerprint density at radius 3 is 2.77 bits per heavy atom. The first-order valence-corrected chi connectivity index (χ1v) is 8.17. The molecule has 0 aliphatic carbocycles. The minimum Gasteiger partial charge on any atom is -0.407 e. The Kier molecular flexibility index (Phi) is 4.41. The molecule has 1 saturated heterocycles. The highest BCUT2D eigenvalue weighted by Gasteiger charge is 2.33. The van der Waals surface area contributed by atoms with Crippen molar-refractivity contribution in [1.82, 2.24) is 4.57 Å². The molecule has 2 heterocycles. The van der Waals surface area contributed by atoms with E-state index >= 15 is 0 Å². The predicted molar refractivity (Wildman–Crippen MR) is 89.0 cm³/mol. The van der Waals surface area contributed by atoms with Gasteiger partial charge in [0.05, 0.1) is 23.4 Å². The average Bonchev–Trinajstić information content (AvgIpc) is 2.80. The molecule has 5 nitrogen and oxygen atoms in total. The van der Waals surface area contributed by atoms with E-state index in [1.165, 1.54) is 11.3 Å².